The highest BCUT2D eigenvalue weighted by molar-refractivity contribution is 7.80. The monoisotopic (exact) mass is 312 g/mol. The van der Waals surface area contributed by atoms with Crippen molar-refractivity contribution in [2.24, 2.45) is 5.10 Å². The van der Waals surface area contributed by atoms with Gasteiger partial charge in [-0.1, -0.05) is 29.8 Å². The maximum absolute atomic E-state index is 5.20. The Hall–Kier alpha value is -2.40. The molecule has 2 aromatic rings. The van der Waals surface area contributed by atoms with E-state index in [1.165, 1.54) is 5.56 Å². The third kappa shape index (κ3) is 4.86. The van der Waals surface area contributed by atoms with E-state index in [9.17, 15) is 0 Å². The molecule has 0 bridgehead atoms. The van der Waals surface area contributed by atoms with Gasteiger partial charge in [0, 0.05) is 25.5 Å². The molecule has 5 heteroatoms. The lowest BCUT2D eigenvalue weighted by atomic mass is 10.2. The van der Waals surface area contributed by atoms with Crippen LogP contribution >= 0.6 is 12.2 Å². The predicted molar refractivity (Wildman–Crippen MR) is 98.9 cm³/mol. The second kappa shape index (κ2) is 7.56. The summed E-state index contributed by atoms with van der Waals surface area (Å²) in [5.41, 5.74) is 7.13. The number of rotatable bonds is 4. The molecule has 2 aromatic carbocycles. The van der Waals surface area contributed by atoms with Crippen molar-refractivity contribution in [1.82, 2.24) is 5.43 Å². The first-order chi connectivity index (χ1) is 10.5. The molecule has 0 saturated heterocycles. The largest absolute Gasteiger partial charge is 0.378 e. The van der Waals surface area contributed by atoms with Crippen LogP contribution in [0.15, 0.2) is 53.6 Å². The van der Waals surface area contributed by atoms with E-state index < -0.39 is 0 Å². The van der Waals surface area contributed by atoms with Gasteiger partial charge in [0.1, 0.15) is 0 Å². The standard InChI is InChI=1S/C17H20N4S/c1-13-4-8-15(9-5-13)19-17(22)20-18-12-14-6-10-16(11-7-14)21(2)3/h4-12H,1-3H3,(H2,19,20,22). The van der Waals surface area contributed by atoms with Crippen LogP contribution in [0, 0.1) is 6.92 Å². The van der Waals surface area contributed by atoms with Crippen LogP contribution in [-0.4, -0.2) is 25.4 Å². The Bertz CT molecular complexity index is 645. The second-order valence-electron chi connectivity index (χ2n) is 5.18. The molecule has 0 unspecified atom stereocenters. The van der Waals surface area contributed by atoms with Crippen LogP contribution < -0.4 is 15.6 Å². The molecule has 2 rings (SSSR count). The van der Waals surface area contributed by atoms with Gasteiger partial charge in [0.25, 0.3) is 0 Å². The van der Waals surface area contributed by atoms with Crippen LogP contribution in [0.4, 0.5) is 11.4 Å². The Balaban J connectivity index is 1.86. The summed E-state index contributed by atoms with van der Waals surface area (Å²) in [6.45, 7) is 2.05. The van der Waals surface area contributed by atoms with E-state index >= 15 is 0 Å². The lowest BCUT2D eigenvalue weighted by Gasteiger charge is -2.11. The molecule has 0 aliphatic carbocycles. The number of nitrogens with zero attached hydrogens (tertiary/aromatic N) is 2. The summed E-state index contributed by atoms with van der Waals surface area (Å²) in [5, 5.41) is 7.68. The summed E-state index contributed by atoms with van der Waals surface area (Å²) < 4.78 is 0. The Morgan fingerprint density at radius 3 is 2.27 bits per heavy atom. The molecular formula is C17H20N4S. The Kier molecular flexibility index (Phi) is 5.49. The van der Waals surface area contributed by atoms with Crippen LogP contribution in [0.1, 0.15) is 11.1 Å². The van der Waals surface area contributed by atoms with Gasteiger partial charge in [-0.25, -0.2) is 0 Å². The van der Waals surface area contributed by atoms with Gasteiger partial charge in [-0.3, -0.25) is 5.43 Å². The van der Waals surface area contributed by atoms with E-state index in [1.54, 1.807) is 6.21 Å². The minimum absolute atomic E-state index is 0.463. The Labute approximate surface area is 136 Å². The molecule has 0 radical (unpaired) electrons. The fourth-order valence-corrected chi connectivity index (χ4v) is 1.99. The molecule has 0 atom stereocenters. The number of thiocarbonyl (C=S) groups is 1. The molecular weight excluding hydrogens is 292 g/mol. The Morgan fingerprint density at radius 1 is 1.05 bits per heavy atom. The van der Waals surface area contributed by atoms with Crippen LogP contribution in [0.2, 0.25) is 0 Å². The van der Waals surface area contributed by atoms with Crippen LogP contribution in [0.3, 0.4) is 0 Å². The van der Waals surface area contributed by atoms with Gasteiger partial charge in [0.2, 0.25) is 0 Å². The summed E-state index contributed by atoms with van der Waals surface area (Å²) in [5.74, 6) is 0. The number of benzene rings is 2. The van der Waals surface area contributed by atoms with Crippen LogP contribution in [-0.2, 0) is 0 Å². The number of hydrogen-bond donors (Lipinski definition) is 2. The lowest BCUT2D eigenvalue weighted by Crippen LogP contribution is -2.23. The molecule has 2 N–H and O–H groups in total. The molecule has 4 nitrogen and oxygen atoms in total. The highest BCUT2D eigenvalue weighted by Crippen LogP contribution is 2.11. The molecule has 0 aliphatic rings. The first kappa shape index (κ1) is 16.0. The molecule has 0 aromatic heterocycles. The normalized spacial score (nSPS) is 10.5. The van der Waals surface area contributed by atoms with Crippen molar-refractivity contribution >= 4 is 34.9 Å². The zero-order valence-electron chi connectivity index (χ0n) is 13.0. The summed E-state index contributed by atoms with van der Waals surface area (Å²) in [7, 11) is 4.03. The summed E-state index contributed by atoms with van der Waals surface area (Å²) >= 11 is 5.20. The fraction of sp³-hybridized carbons (Fsp3) is 0.176. The maximum Gasteiger partial charge on any atom is 0.191 e. The summed E-state index contributed by atoms with van der Waals surface area (Å²) in [4.78, 5) is 2.06. The minimum atomic E-state index is 0.463. The van der Waals surface area contributed by atoms with E-state index in [0.717, 1.165) is 16.9 Å². The molecule has 0 aliphatic heterocycles. The highest BCUT2D eigenvalue weighted by atomic mass is 32.1. The van der Waals surface area contributed by atoms with E-state index in [4.69, 9.17) is 12.2 Å². The first-order valence-corrected chi connectivity index (χ1v) is 7.39. The number of nitrogens with one attached hydrogen (secondary N) is 2. The molecule has 0 fully saturated rings. The minimum Gasteiger partial charge on any atom is -0.378 e. The molecule has 0 heterocycles. The van der Waals surface area contributed by atoms with Gasteiger partial charge < -0.3 is 10.2 Å². The number of aryl methyl sites for hydroxylation is 1. The van der Waals surface area contributed by atoms with Crippen LogP contribution in [0.25, 0.3) is 0 Å². The van der Waals surface area contributed by atoms with Gasteiger partial charge in [0.15, 0.2) is 5.11 Å². The lowest BCUT2D eigenvalue weighted by molar-refractivity contribution is 1.05. The second-order valence-corrected chi connectivity index (χ2v) is 5.58. The van der Waals surface area contributed by atoms with Crippen LogP contribution in [0.5, 0.6) is 0 Å². The van der Waals surface area contributed by atoms with Crippen molar-refractivity contribution in [3.63, 3.8) is 0 Å². The van der Waals surface area contributed by atoms with Gasteiger partial charge >= 0.3 is 0 Å². The van der Waals surface area contributed by atoms with Gasteiger partial charge in [-0.05, 0) is 49.0 Å². The molecule has 0 saturated carbocycles. The van der Waals surface area contributed by atoms with E-state index in [1.807, 2.05) is 69.6 Å². The summed E-state index contributed by atoms with van der Waals surface area (Å²) in [6, 6.07) is 16.1. The average Bonchev–Trinajstić information content (AvgIpc) is 2.50. The molecule has 0 spiro atoms. The predicted octanol–water partition coefficient (Wildman–Crippen LogP) is 3.38. The fourth-order valence-electron chi connectivity index (χ4n) is 1.82. The third-order valence-electron chi connectivity index (χ3n) is 3.10. The van der Waals surface area contributed by atoms with Crippen molar-refractivity contribution in [3.05, 3.63) is 59.7 Å². The quantitative estimate of drug-likeness (QED) is 0.516. The third-order valence-corrected chi connectivity index (χ3v) is 3.29. The van der Waals surface area contributed by atoms with E-state index in [0.29, 0.717) is 5.11 Å². The number of anilines is 2. The van der Waals surface area contributed by atoms with Gasteiger partial charge in [0.05, 0.1) is 6.21 Å². The average molecular weight is 312 g/mol. The smallest absolute Gasteiger partial charge is 0.191 e. The maximum atomic E-state index is 5.20. The highest BCUT2D eigenvalue weighted by Gasteiger charge is 1.96. The topological polar surface area (TPSA) is 39.7 Å². The van der Waals surface area contributed by atoms with Crippen molar-refractivity contribution in [3.8, 4) is 0 Å². The van der Waals surface area contributed by atoms with Crippen molar-refractivity contribution < 1.29 is 0 Å². The van der Waals surface area contributed by atoms with Crippen molar-refractivity contribution in [2.45, 2.75) is 6.92 Å². The molecule has 114 valence electrons. The number of hydrogen-bond acceptors (Lipinski definition) is 3. The first-order valence-electron chi connectivity index (χ1n) is 6.99. The van der Waals surface area contributed by atoms with Crippen molar-refractivity contribution in [1.29, 1.82) is 0 Å². The SMILES string of the molecule is Cc1ccc(NC(=S)NN=Cc2ccc(N(C)C)cc2)cc1. The van der Waals surface area contributed by atoms with Crippen molar-refractivity contribution in [2.75, 3.05) is 24.3 Å². The van der Waals surface area contributed by atoms with E-state index in [-0.39, 0.29) is 0 Å². The van der Waals surface area contributed by atoms with Gasteiger partial charge in [-0.2, -0.15) is 5.10 Å². The zero-order chi connectivity index (χ0) is 15.9. The molecule has 22 heavy (non-hydrogen) atoms. The Morgan fingerprint density at radius 2 is 1.68 bits per heavy atom. The molecule has 0 amide bonds. The van der Waals surface area contributed by atoms with Gasteiger partial charge in [-0.15, -0.1) is 0 Å². The summed E-state index contributed by atoms with van der Waals surface area (Å²) in [6.07, 6.45) is 1.74. The van der Waals surface area contributed by atoms with E-state index in [2.05, 4.69) is 20.7 Å². The number of hydrazone groups is 1. The zero-order valence-corrected chi connectivity index (χ0v) is 13.8.